The summed E-state index contributed by atoms with van der Waals surface area (Å²) in [6.07, 6.45) is 12.1. The van der Waals surface area contributed by atoms with E-state index in [9.17, 15) is 39.6 Å². The zero-order valence-electron chi connectivity index (χ0n) is 20.9. The maximum absolute atomic E-state index is 9.76. The Balaban J connectivity index is -0.000000105. The third-order valence-electron chi connectivity index (χ3n) is 3.94. The molecule has 0 aromatic carbocycles. The molecule has 0 aromatic rings. The van der Waals surface area contributed by atoms with Gasteiger partial charge in [-0.05, 0) is 51.4 Å². The summed E-state index contributed by atoms with van der Waals surface area (Å²) in [4.78, 5) is 39.1. The van der Waals surface area contributed by atoms with E-state index in [1.165, 1.54) is 0 Å². The van der Waals surface area contributed by atoms with Gasteiger partial charge in [0.2, 0.25) is 0 Å². The van der Waals surface area contributed by atoms with Gasteiger partial charge < -0.3 is 39.6 Å². The molecule has 0 aliphatic carbocycles. The molecule has 0 amide bonds. The van der Waals surface area contributed by atoms with E-state index in [1.54, 1.807) is 0 Å². The molecule has 0 atom stereocenters. The molecule has 0 spiro atoms. The van der Waals surface area contributed by atoms with Gasteiger partial charge in [0, 0.05) is 23.9 Å². The molecule has 0 radical (unpaired) electrons. The first-order chi connectivity index (χ1) is 15.1. The Morgan fingerprint density at radius 1 is 0.394 bits per heavy atom. The fourth-order valence-corrected chi connectivity index (χ4v) is 2.08. The van der Waals surface area contributed by atoms with Gasteiger partial charge in [-0.2, -0.15) is 0 Å². The minimum Gasteiger partial charge on any atom is -0.550 e. The van der Waals surface area contributed by atoms with Crippen LogP contribution in [0.5, 0.6) is 0 Å². The van der Waals surface area contributed by atoms with E-state index >= 15 is 0 Å². The van der Waals surface area contributed by atoms with E-state index in [4.69, 9.17) is 0 Å². The Bertz CT molecular complexity index is 362. The Kier molecular flexibility index (Phi) is 47.8. The van der Waals surface area contributed by atoms with Crippen molar-refractivity contribution in [2.75, 3.05) is 0 Å². The second-order valence-electron chi connectivity index (χ2n) is 7.32. The number of carbonyl (C=O) groups excluding carboxylic acids is 4. The number of unbranched alkanes of at least 4 members (excludes halogenated alkanes) is 8. The van der Waals surface area contributed by atoms with Crippen LogP contribution in [-0.2, 0) is 38.7 Å². The summed E-state index contributed by atoms with van der Waals surface area (Å²) in [5.74, 6) is -3.73. The van der Waals surface area contributed by atoms with E-state index < -0.39 is 23.9 Å². The molecular weight excluding hydrogens is 517 g/mol. The number of hydrogen-bond donors (Lipinski definition) is 0. The quantitative estimate of drug-likeness (QED) is 0.201. The van der Waals surface area contributed by atoms with Gasteiger partial charge in [0.25, 0.3) is 0 Å². The van der Waals surface area contributed by atoms with Gasteiger partial charge in [-0.25, -0.2) is 0 Å². The SMILES string of the molecule is CCCCCC(=O)[O-].CCCCCC(=O)[O-].CCCCCC(=O)[O-].CCCCCC(=O)[O-].[Ru+4]. The number of carboxylic acids is 4. The largest absolute Gasteiger partial charge is 4.00 e. The van der Waals surface area contributed by atoms with Crippen LogP contribution in [0, 0.1) is 0 Å². The van der Waals surface area contributed by atoms with Crippen LogP contribution in [0.15, 0.2) is 0 Å². The molecule has 33 heavy (non-hydrogen) atoms. The van der Waals surface area contributed by atoms with Crippen LogP contribution in [-0.4, -0.2) is 23.9 Å². The van der Waals surface area contributed by atoms with Crippen molar-refractivity contribution in [1.82, 2.24) is 0 Å². The summed E-state index contributed by atoms with van der Waals surface area (Å²) in [5, 5.41) is 39.1. The molecule has 196 valence electrons. The van der Waals surface area contributed by atoms with E-state index in [0.29, 0.717) is 0 Å². The molecule has 0 saturated carbocycles. The van der Waals surface area contributed by atoms with E-state index in [-0.39, 0.29) is 45.2 Å². The number of carboxylic acid groups (broad SMARTS) is 4. The van der Waals surface area contributed by atoms with Crippen LogP contribution in [0.25, 0.3) is 0 Å². The first-order valence-corrected chi connectivity index (χ1v) is 11.9. The predicted molar refractivity (Wildman–Crippen MR) is 117 cm³/mol. The number of hydrogen-bond acceptors (Lipinski definition) is 8. The average Bonchev–Trinajstić information content (AvgIpc) is 2.69. The topological polar surface area (TPSA) is 161 Å². The number of carbonyl (C=O) groups is 4. The first-order valence-electron chi connectivity index (χ1n) is 11.9. The minimum atomic E-state index is -0.932. The molecular formula is C24H44O8Ru. The van der Waals surface area contributed by atoms with Crippen molar-refractivity contribution < 1.29 is 59.1 Å². The van der Waals surface area contributed by atoms with Crippen molar-refractivity contribution in [2.45, 2.75) is 130 Å². The third kappa shape index (κ3) is 72.4. The zero-order chi connectivity index (χ0) is 25.6. The van der Waals surface area contributed by atoms with Crippen LogP contribution in [0.2, 0.25) is 0 Å². The summed E-state index contributed by atoms with van der Waals surface area (Å²) in [6.45, 7) is 8.15. The van der Waals surface area contributed by atoms with Crippen LogP contribution in [0.4, 0.5) is 0 Å². The van der Waals surface area contributed by atoms with Gasteiger partial charge in [0.15, 0.2) is 0 Å². The summed E-state index contributed by atoms with van der Waals surface area (Å²) in [7, 11) is 0. The fraction of sp³-hybridized carbons (Fsp3) is 0.833. The summed E-state index contributed by atoms with van der Waals surface area (Å²) in [6, 6.07) is 0. The molecule has 0 aromatic heterocycles. The smallest absolute Gasteiger partial charge is 0.550 e. The van der Waals surface area contributed by atoms with Crippen LogP contribution < -0.4 is 20.4 Å². The predicted octanol–water partition coefficient (Wildman–Crippen LogP) is 1.26. The van der Waals surface area contributed by atoms with Crippen LogP contribution in [0.1, 0.15) is 130 Å². The summed E-state index contributed by atoms with van der Waals surface area (Å²) >= 11 is 0. The first kappa shape index (κ1) is 41.7. The molecule has 0 heterocycles. The van der Waals surface area contributed by atoms with Crippen molar-refractivity contribution in [2.24, 2.45) is 0 Å². The molecule has 0 rings (SSSR count). The maximum atomic E-state index is 9.76. The maximum Gasteiger partial charge on any atom is 4.00 e. The average molecular weight is 562 g/mol. The Hall–Kier alpha value is -1.50. The molecule has 0 bridgehead atoms. The van der Waals surface area contributed by atoms with Crippen LogP contribution in [0.3, 0.4) is 0 Å². The molecule has 8 nitrogen and oxygen atoms in total. The standard InChI is InChI=1S/4C6H12O2.Ru/c4*1-2-3-4-5-6(7)8;/h4*2-5H2,1H3,(H,7,8);/q;;;;+4/p-4. The molecule has 9 heteroatoms. The number of aliphatic carboxylic acids is 4. The summed E-state index contributed by atoms with van der Waals surface area (Å²) < 4.78 is 0. The second kappa shape index (κ2) is 37.8. The summed E-state index contributed by atoms with van der Waals surface area (Å²) in [5.41, 5.74) is 0. The Morgan fingerprint density at radius 3 is 0.636 bits per heavy atom. The van der Waals surface area contributed by atoms with Gasteiger partial charge in [0.1, 0.15) is 0 Å². The van der Waals surface area contributed by atoms with Gasteiger partial charge in [0.05, 0.1) is 0 Å². The van der Waals surface area contributed by atoms with Crippen molar-refractivity contribution in [1.29, 1.82) is 0 Å². The molecule has 0 fully saturated rings. The van der Waals surface area contributed by atoms with Gasteiger partial charge >= 0.3 is 19.5 Å². The van der Waals surface area contributed by atoms with Crippen LogP contribution >= 0.6 is 0 Å². The normalized spacial score (nSPS) is 8.85. The van der Waals surface area contributed by atoms with Crippen molar-refractivity contribution in [3.8, 4) is 0 Å². The molecule has 0 aliphatic rings. The van der Waals surface area contributed by atoms with Gasteiger partial charge in [-0.3, -0.25) is 0 Å². The Labute approximate surface area is 213 Å². The molecule has 0 N–H and O–H groups in total. The van der Waals surface area contributed by atoms with Gasteiger partial charge in [-0.1, -0.05) is 79.1 Å². The monoisotopic (exact) mass is 562 g/mol. The van der Waals surface area contributed by atoms with E-state index in [0.717, 1.165) is 77.0 Å². The van der Waals surface area contributed by atoms with Crippen molar-refractivity contribution in [3.63, 3.8) is 0 Å². The Morgan fingerprint density at radius 2 is 0.545 bits per heavy atom. The number of rotatable bonds is 16. The molecule has 0 saturated heterocycles. The second-order valence-corrected chi connectivity index (χ2v) is 7.32. The van der Waals surface area contributed by atoms with Gasteiger partial charge in [-0.15, -0.1) is 0 Å². The van der Waals surface area contributed by atoms with Crippen molar-refractivity contribution in [3.05, 3.63) is 0 Å². The molecule has 0 unspecified atom stereocenters. The van der Waals surface area contributed by atoms with Crippen molar-refractivity contribution >= 4 is 23.9 Å². The van der Waals surface area contributed by atoms with E-state index in [2.05, 4.69) is 0 Å². The molecule has 0 aliphatic heterocycles. The van der Waals surface area contributed by atoms with E-state index in [1.807, 2.05) is 27.7 Å². The fourth-order valence-electron chi connectivity index (χ4n) is 2.08. The zero-order valence-corrected chi connectivity index (χ0v) is 22.7. The minimum absolute atomic E-state index is 0. The third-order valence-corrected chi connectivity index (χ3v) is 3.94.